The third-order valence-electron chi connectivity index (χ3n) is 7.00. The Morgan fingerprint density at radius 2 is 0.970 bits per heavy atom. The van der Waals surface area contributed by atoms with Crippen LogP contribution in [0.3, 0.4) is 0 Å². The summed E-state index contributed by atoms with van der Waals surface area (Å²) in [7, 11) is 0. The number of carbonyl (C=O) groups excluding carboxylic acids is 1. The molecule has 0 saturated heterocycles. The Hall–Kier alpha value is -0.550. The second kappa shape index (κ2) is 21.9. The molecule has 2 atom stereocenters. The van der Waals surface area contributed by atoms with Crippen LogP contribution in [0.2, 0.25) is 0 Å². The van der Waals surface area contributed by atoms with Crippen LogP contribution in [0.5, 0.6) is 0 Å². The van der Waals surface area contributed by atoms with E-state index in [0.29, 0.717) is 12.8 Å². The topological polar surface area (TPSA) is 74.6 Å². The summed E-state index contributed by atoms with van der Waals surface area (Å²) in [5.74, 6) is -2.20. The standard InChI is InChI=1S/C28H54O4S/c1-3-5-7-9-11-13-15-17-19-21-23-25(26(29)33)28(32,27(30)31)24-22-20-18-16-14-12-10-8-6-4-2/h25,32H,3-24H2,1-2H3,(H,29,33)(H,30,31). The minimum atomic E-state index is -1.99. The van der Waals surface area contributed by atoms with E-state index in [9.17, 15) is 19.8 Å². The maximum absolute atomic E-state index is 12.1. The highest BCUT2D eigenvalue weighted by Crippen LogP contribution is 2.31. The van der Waals surface area contributed by atoms with Gasteiger partial charge in [-0.05, 0) is 19.3 Å². The van der Waals surface area contributed by atoms with Gasteiger partial charge in [0, 0.05) is 0 Å². The van der Waals surface area contributed by atoms with Gasteiger partial charge in [-0.25, -0.2) is 4.79 Å². The van der Waals surface area contributed by atoms with Crippen molar-refractivity contribution in [3.8, 4) is 0 Å². The van der Waals surface area contributed by atoms with Gasteiger partial charge in [0.05, 0.1) is 5.92 Å². The Morgan fingerprint density at radius 1 is 0.636 bits per heavy atom. The van der Waals surface area contributed by atoms with Crippen LogP contribution in [0.25, 0.3) is 0 Å². The second-order valence-corrected chi connectivity index (χ2v) is 10.5. The van der Waals surface area contributed by atoms with E-state index in [1.54, 1.807) is 0 Å². The van der Waals surface area contributed by atoms with Crippen molar-refractivity contribution in [2.24, 2.45) is 5.92 Å². The van der Waals surface area contributed by atoms with Gasteiger partial charge in [-0.15, -0.1) is 12.6 Å². The third-order valence-corrected chi connectivity index (χ3v) is 7.31. The molecule has 0 aromatic rings. The predicted molar refractivity (Wildman–Crippen MR) is 143 cm³/mol. The maximum atomic E-state index is 12.1. The van der Waals surface area contributed by atoms with E-state index in [-0.39, 0.29) is 6.42 Å². The summed E-state index contributed by atoms with van der Waals surface area (Å²) in [6.07, 6.45) is 23.8. The number of hydrogen-bond donors (Lipinski definition) is 3. The molecule has 0 aliphatic heterocycles. The van der Waals surface area contributed by atoms with Crippen LogP contribution >= 0.6 is 12.6 Å². The van der Waals surface area contributed by atoms with Gasteiger partial charge in [0.15, 0.2) is 10.7 Å². The van der Waals surface area contributed by atoms with Gasteiger partial charge in [-0.3, -0.25) is 4.79 Å². The Bertz CT molecular complexity index is 483. The molecular formula is C28H54O4S. The first-order chi connectivity index (χ1) is 15.9. The lowest BCUT2D eigenvalue weighted by molar-refractivity contribution is -0.168. The first kappa shape index (κ1) is 32.5. The molecule has 0 aliphatic carbocycles. The molecule has 2 N–H and O–H groups in total. The molecule has 0 amide bonds. The summed E-state index contributed by atoms with van der Waals surface area (Å²) in [6.45, 7) is 4.45. The zero-order valence-electron chi connectivity index (χ0n) is 21.8. The number of carboxylic acid groups (broad SMARTS) is 1. The number of thiol groups is 1. The van der Waals surface area contributed by atoms with Gasteiger partial charge < -0.3 is 10.2 Å². The van der Waals surface area contributed by atoms with Gasteiger partial charge in [-0.2, -0.15) is 0 Å². The molecular weight excluding hydrogens is 432 g/mol. The number of aliphatic hydroxyl groups is 1. The molecule has 2 unspecified atom stereocenters. The molecule has 5 heteroatoms. The Labute approximate surface area is 210 Å². The average molecular weight is 487 g/mol. The van der Waals surface area contributed by atoms with Crippen molar-refractivity contribution in [1.29, 1.82) is 0 Å². The van der Waals surface area contributed by atoms with Crippen molar-refractivity contribution in [2.45, 2.75) is 161 Å². The highest BCUT2D eigenvalue weighted by Gasteiger charge is 2.46. The molecule has 4 nitrogen and oxygen atoms in total. The monoisotopic (exact) mass is 486 g/mol. The van der Waals surface area contributed by atoms with Gasteiger partial charge in [0.1, 0.15) is 0 Å². The fourth-order valence-corrected chi connectivity index (χ4v) is 5.06. The highest BCUT2D eigenvalue weighted by atomic mass is 32.1. The van der Waals surface area contributed by atoms with Crippen LogP contribution < -0.4 is 0 Å². The fraction of sp³-hybridized carbons (Fsp3) is 0.929. The van der Waals surface area contributed by atoms with E-state index in [4.69, 9.17) is 0 Å². The van der Waals surface area contributed by atoms with E-state index < -0.39 is 22.6 Å². The predicted octanol–water partition coefficient (Wildman–Crippen LogP) is 8.50. The van der Waals surface area contributed by atoms with E-state index in [1.165, 1.54) is 83.5 Å². The SMILES string of the molecule is CCCCCCCCCCCCC(C(=O)S)C(O)(CCCCCCCCCCCC)C(=O)O. The Balaban J connectivity index is 4.18. The largest absolute Gasteiger partial charge is 0.479 e. The molecule has 0 fully saturated rings. The van der Waals surface area contributed by atoms with Crippen LogP contribution in [0.1, 0.15) is 155 Å². The molecule has 0 rings (SSSR count). The number of unbranched alkanes of at least 4 members (excludes halogenated alkanes) is 18. The first-order valence-corrected chi connectivity index (χ1v) is 14.5. The number of carbonyl (C=O) groups is 2. The summed E-state index contributed by atoms with van der Waals surface area (Å²) in [5.41, 5.74) is -1.99. The molecule has 0 aromatic heterocycles. The number of aliphatic carboxylic acids is 1. The lowest BCUT2D eigenvalue weighted by atomic mass is 9.80. The zero-order valence-corrected chi connectivity index (χ0v) is 22.7. The minimum Gasteiger partial charge on any atom is -0.479 e. The summed E-state index contributed by atoms with van der Waals surface area (Å²) in [4.78, 5) is 24.0. The van der Waals surface area contributed by atoms with Gasteiger partial charge in [-0.1, -0.05) is 136 Å². The molecule has 0 aromatic carbocycles. The lowest BCUT2D eigenvalue weighted by Gasteiger charge is -2.30. The summed E-state index contributed by atoms with van der Waals surface area (Å²) in [6, 6.07) is 0. The van der Waals surface area contributed by atoms with Crippen molar-refractivity contribution in [3.63, 3.8) is 0 Å². The van der Waals surface area contributed by atoms with Crippen molar-refractivity contribution in [1.82, 2.24) is 0 Å². The van der Waals surface area contributed by atoms with Crippen LogP contribution in [0.4, 0.5) is 0 Å². The molecule has 0 heterocycles. The van der Waals surface area contributed by atoms with E-state index in [0.717, 1.165) is 38.5 Å². The van der Waals surface area contributed by atoms with Gasteiger partial charge in [0.25, 0.3) is 0 Å². The zero-order chi connectivity index (χ0) is 24.8. The molecule has 33 heavy (non-hydrogen) atoms. The fourth-order valence-electron chi connectivity index (χ4n) is 4.71. The molecule has 0 radical (unpaired) electrons. The van der Waals surface area contributed by atoms with E-state index in [2.05, 4.69) is 26.5 Å². The molecule has 196 valence electrons. The number of carboxylic acids is 1. The van der Waals surface area contributed by atoms with Gasteiger partial charge >= 0.3 is 5.97 Å². The van der Waals surface area contributed by atoms with Gasteiger partial charge in [0.2, 0.25) is 0 Å². The summed E-state index contributed by atoms with van der Waals surface area (Å²) >= 11 is 3.94. The van der Waals surface area contributed by atoms with Crippen LogP contribution in [0.15, 0.2) is 0 Å². The van der Waals surface area contributed by atoms with Crippen LogP contribution in [-0.2, 0) is 9.59 Å². The molecule has 0 spiro atoms. The van der Waals surface area contributed by atoms with Crippen LogP contribution in [-0.4, -0.2) is 26.9 Å². The minimum absolute atomic E-state index is 0.133. The quantitative estimate of drug-likeness (QED) is 0.0893. The molecule has 0 bridgehead atoms. The normalized spacial score (nSPS) is 14.2. The third kappa shape index (κ3) is 16.7. The summed E-state index contributed by atoms with van der Waals surface area (Å²) in [5, 5.41) is 20.1. The lowest BCUT2D eigenvalue weighted by Crippen LogP contribution is -2.48. The summed E-state index contributed by atoms with van der Waals surface area (Å²) < 4.78 is 0. The van der Waals surface area contributed by atoms with Crippen molar-refractivity contribution in [3.05, 3.63) is 0 Å². The Morgan fingerprint density at radius 3 is 1.30 bits per heavy atom. The van der Waals surface area contributed by atoms with Crippen molar-refractivity contribution in [2.75, 3.05) is 0 Å². The second-order valence-electron chi connectivity index (χ2n) is 10.0. The highest BCUT2D eigenvalue weighted by molar-refractivity contribution is 7.96. The number of rotatable bonds is 25. The average Bonchev–Trinajstić information content (AvgIpc) is 2.78. The molecule has 0 aliphatic rings. The smallest absolute Gasteiger partial charge is 0.336 e. The maximum Gasteiger partial charge on any atom is 0.336 e. The van der Waals surface area contributed by atoms with E-state index in [1.807, 2.05) is 0 Å². The van der Waals surface area contributed by atoms with Crippen molar-refractivity contribution >= 4 is 23.7 Å². The first-order valence-electron chi connectivity index (χ1n) is 14.1. The Kier molecular flexibility index (Phi) is 21.6. The molecule has 0 saturated carbocycles. The number of hydrogen-bond acceptors (Lipinski definition) is 3. The van der Waals surface area contributed by atoms with Crippen molar-refractivity contribution < 1.29 is 19.8 Å². The van der Waals surface area contributed by atoms with Crippen LogP contribution in [0, 0.1) is 5.92 Å². The van der Waals surface area contributed by atoms with E-state index >= 15 is 0 Å².